The summed E-state index contributed by atoms with van der Waals surface area (Å²) < 4.78 is 29.2. The molecule has 36 heavy (non-hydrogen) atoms. The zero-order chi connectivity index (χ0) is 26.0. The lowest BCUT2D eigenvalue weighted by molar-refractivity contribution is -0.0519. The van der Waals surface area contributed by atoms with Crippen LogP contribution < -0.4 is 15.4 Å². The molecule has 0 bridgehead atoms. The van der Waals surface area contributed by atoms with E-state index in [4.69, 9.17) is 23.7 Å². The number of benzene rings is 1. The average molecular weight is 505 g/mol. The van der Waals surface area contributed by atoms with Crippen LogP contribution in [0.1, 0.15) is 26.3 Å². The van der Waals surface area contributed by atoms with Crippen molar-refractivity contribution in [1.29, 1.82) is 0 Å². The van der Waals surface area contributed by atoms with Crippen LogP contribution in [0, 0.1) is 0 Å². The number of amides is 1. The lowest BCUT2D eigenvalue weighted by atomic mass is 10.0. The number of alkyl carbamates (subject to hydrolysis) is 1. The lowest BCUT2D eigenvalue weighted by Crippen LogP contribution is -2.43. The highest BCUT2D eigenvalue weighted by atomic mass is 16.7. The van der Waals surface area contributed by atoms with Crippen molar-refractivity contribution in [2.24, 2.45) is 0 Å². The third-order valence-corrected chi connectivity index (χ3v) is 5.41. The minimum Gasteiger partial charge on any atom is -0.497 e. The number of imidazole rings is 1. The molecule has 1 aliphatic heterocycles. The van der Waals surface area contributed by atoms with Gasteiger partial charge in [0, 0.05) is 32.0 Å². The van der Waals surface area contributed by atoms with Crippen LogP contribution in [0.4, 0.5) is 9.59 Å². The molecule has 3 atom stereocenters. The molecule has 11 nitrogen and oxygen atoms in total. The average Bonchev–Trinajstić information content (AvgIpc) is 3.46. The Kier molecular flexibility index (Phi) is 9.95. The van der Waals surface area contributed by atoms with Crippen molar-refractivity contribution in [2.45, 2.75) is 57.6 Å². The van der Waals surface area contributed by atoms with Crippen LogP contribution in [-0.2, 0) is 31.9 Å². The molecule has 1 saturated heterocycles. The predicted molar refractivity (Wildman–Crippen MR) is 131 cm³/mol. The number of carbonyl (C=O) groups is 2. The Morgan fingerprint density at radius 1 is 1.17 bits per heavy atom. The van der Waals surface area contributed by atoms with Crippen molar-refractivity contribution in [2.75, 3.05) is 33.4 Å². The Morgan fingerprint density at radius 2 is 1.94 bits per heavy atom. The highest BCUT2D eigenvalue weighted by molar-refractivity contribution is 5.67. The number of hydrogen-bond donors (Lipinski definition) is 2. The van der Waals surface area contributed by atoms with E-state index in [0.29, 0.717) is 32.7 Å². The van der Waals surface area contributed by atoms with Crippen LogP contribution in [0.2, 0.25) is 0 Å². The summed E-state index contributed by atoms with van der Waals surface area (Å²) in [6, 6.07) is 7.37. The molecule has 1 amide bonds. The first-order chi connectivity index (χ1) is 17.2. The summed E-state index contributed by atoms with van der Waals surface area (Å²) in [5.74, 6) is 0.753. The molecule has 2 heterocycles. The fraction of sp³-hybridized carbons (Fsp3) is 0.560. The second-order valence-corrected chi connectivity index (χ2v) is 9.40. The number of hydrogen-bond acceptors (Lipinski definition) is 9. The third kappa shape index (κ3) is 9.04. The van der Waals surface area contributed by atoms with Crippen molar-refractivity contribution < 1.29 is 33.3 Å². The van der Waals surface area contributed by atoms with Gasteiger partial charge in [-0.15, -0.1) is 0 Å². The number of aromatic nitrogens is 2. The van der Waals surface area contributed by atoms with Gasteiger partial charge < -0.3 is 38.9 Å². The largest absolute Gasteiger partial charge is 0.509 e. The Hall–Kier alpha value is -3.31. The molecule has 11 heteroatoms. The Bertz CT molecular complexity index is 944. The van der Waals surface area contributed by atoms with Crippen LogP contribution in [-0.4, -0.2) is 79.1 Å². The van der Waals surface area contributed by atoms with Gasteiger partial charge in [-0.05, 0) is 44.9 Å². The van der Waals surface area contributed by atoms with Crippen molar-refractivity contribution >= 4 is 12.2 Å². The SMILES string of the molecule is COc1ccc(C[C@H]2NC[C@H](OC(=O)OC(C)(C)C)[C@H]2OC(=O)NCCOCCn2ccnc2)cc1. The predicted octanol–water partition coefficient (Wildman–Crippen LogP) is 2.54. The smallest absolute Gasteiger partial charge is 0.497 e. The van der Waals surface area contributed by atoms with Crippen LogP contribution >= 0.6 is 0 Å². The molecular weight excluding hydrogens is 468 g/mol. The van der Waals surface area contributed by atoms with E-state index in [1.54, 1.807) is 40.4 Å². The number of rotatable bonds is 11. The molecule has 2 N–H and O–H groups in total. The molecule has 0 spiro atoms. The number of methoxy groups -OCH3 is 1. The Labute approximate surface area is 211 Å². The van der Waals surface area contributed by atoms with Gasteiger partial charge in [0.15, 0.2) is 12.2 Å². The molecule has 3 rings (SSSR count). The van der Waals surface area contributed by atoms with E-state index < -0.39 is 30.1 Å². The third-order valence-electron chi connectivity index (χ3n) is 5.41. The summed E-state index contributed by atoms with van der Waals surface area (Å²) in [6.45, 7) is 7.38. The van der Waals surface area contributed by atoms with Crippen LogP contribution in [0.25, 0.3) is 0 Å². The summed E-state index contributed by atoms with van der Waals surface area (Å²) in [7, 11) is 1.61. The van der Waals surface area contributed by atoms with Gasteiger partial charge in [-0.25, -0.2) is 14.6 Å². The van der Waals surface area contributed by atoms with Crippen molar-refractivity contribution in [1.82, 2.24) is 20.2 Å². The standard InChI is InChI=1S/C25H36N4O7/c1-25(2,3)36-24(31)34-21-16-28-20(15-18-5-7-19(32-4)8-6-18)22(21)35-23(30)27-10-13-33-14-12-29-11-9-26-17-29/h5-9,11,17,20-22,28H,10,12-16H2,1-4H3,(H,27,30)/t20-,21+,22+/m1/s1. The first kappa shape index (κ1) is 27.3. The molecule has 0 unspecified atom stereocenters. The molecule has 0 radical (unpaired) electrons. The van der Waals surface area contributed by atoms with Gasteiger partial charge in [0.1, 0.15) is 11.4 Å². The fourth-order valence-electron chi connectivity index (χ4n) is 3.71. The summed E-state index contributed by atoms with van der Waals surface area (Å²) >= 11 is 0. The van der Waals surface area contributed by atoms with Crippen LogP contribution in [0.3, 0.4) is 0 Å². The van der Waals surface area contributed by atoms with Crippen LogP contribution in [0.5, 0.6) is 5.75 Å². The highest BCUT2D eigenvalue weighted by Gasteiger charge is 2.42. The lowest BCUT2D eigenvalue weighted by Gasteiger charge is -2.26. The maximum absolute atomic E-state index is 12.5. The maximum Gasteiger partial charge on any atom is 0.509 e. The number of nitrogens with zero attached hydrogens (tertiary/aromatic N) is 2. The molecule has 1 aromatic carbocycles. The minimum absolute atomic E-state index is 0.261. The first-order valence-corrected chi connectivity index (χ1v) is 12.0. The van der Waals surface area contributed by atoms with Gasteiger partial charge in [0.05, 0.1) is 32.7 Å². The number of nitrogens with one attached hydrogen (secondary N) is 2. The van der Waals surface area contributed by atoms with E-state index in [0.717, 1.165) is 11.3 Å². The quantitative estimate of drug-likeness (QED) is 0.351. The van der Waals surface area contributed by atoms with Crippen LogP contribution in [0.15, 0.2) is 43.0 Å². The fourth-order valence-corrected chi connectivity index (χ4v) is 3.71. The zero-order valence-electron chi connectivity index (χ0n) is 21.3. The summed E-state index contributed by atoms with van der Waals surface area (Å²) in [5, 5.41) is 6.00. The monoisotopic (exact) mass is 504 g/mol. The molecule has 0 aliphatic carbocycles. The van der Waals surface area contributed by atoms with E-state index >= 15 is 0 Å². The van der Waals surface area contributed by atoms with E-state index in [-0.39, 0.29) is 12.6 Å². The van der Waals surface area contributed by atoms with E-state index in [9.17, 15) is 9.59 Å². The van der Waals surface area contributed by atoms with E-state index in [1.165, 1.54) is 0 Å². The normalized spacial score (nSPS) is 19.5. The van der Waals surface area contributed by atoms with Gasteiger partial charge >= 0.3 is 12.2 Å². The highest BCUT2D eigenvalue weighted by Crippen LogP contribution is 2.22. The molecule has 2 aromatic rings. The van der Waals surface area contributed by atoms with E-state index in [1.807, 2.05) is 35.0 Å². The number of ether oxygens (including phenoxy) is 5. The molecule has 0 saturated carbocycles. The molecule has 1 aliphatic rings. The second-order valence-electron chi connectivity index (χ2n) is 9.40. The van der Waals surface area contributed by atoms with Crippen molar-refractivity contribution in [3.63, 3.8) is 0 Å². The first-order valence-electron chi connectivity index (χ1n) is 12.0. The topological polar surface area (TPSA) is 122 Å². The molecular formula is C25H36N4O7. The Morgan fingerprint density at radius 3 is 2.61 bits per heavy atom. The van der Waals surface area contributed by atoms with Gasteiger partial charge in [-0.3, -0.25) is 0 Å². The summed E-state index contributed by atoms with van der Waals surface area (Å²) in [5.41, 5.74) is 0.323. The summed E-state index contributed by atoms with van der Waals surface area (Å²) in [6.07, 6.45) is 3.02. The molecule has 198 valence electrons. The minimum atomic E-state index is -0.806. The zero-order valence-corrected chi connectivity index (χ0v) is 21.3. The van der Waals surface area contributed by atoms with Gasteiger partial charge in [0.25, 0.3) is 0 Å². The second kappa shape index (κ2) is 13.1. The van der Waals surface area contributed by atoms with E-state index in [2.05, 4.69) is 15.6 Å². The van der Waals surface area contributed by atoms with Gasteiger partial charge in [0.2, 0.25) is 0 Å². The maximum atomic E-state index is 12.5. The molecule has 1 aromatic heterocycles. The summed E-state index contributed by atoms with van der Waals surface area (Å²) in [4.78, 5) is 28.8. The number of carbonyl (C=O) groups excluding carboxylic acids is 2. The van der Waals surface area contributed by atoms with Gasteiger partial charge in [-0.1, -0.05) is 12.1 Å². The van der Waals surface area contributed by atoms with Crippen molar-refractivity contribution in [3.05, 3.63) is 48.5 Å². The van der Waals surface area contributed by atoms with Gasteiger partial charge in [-0.2, -0.15) is 0 Å². The van der Waals surface area contributed by atoms with Crippen molar-refractivity contribution in [3.8, 4) is 5.75 Å². The Balaban J connectivity index is 1.52. The molecule has 1 fully saturated rings.